The van der Waals surface area contributed by atoms with Gasteiger partial charge in [0.05, 0.1) is 12.3 Å². The highest BCUT2D eigenvalue weighted by Crippen LogP contribution is 2.44. The molecule has 0 aromatic heterocycles. The van der Waals surface area contributed by atoms with Gasteiger partial charge in [0.25, 0.3) is 0 Å². The van der Waals surface area contributed by atoms with E-state index in [1.807, 2.05) is 24.3 Å². The Morgan fingerprint density at radius 1 is 0.914 bits per heavy atom. The zero-order valence-corrected chi connectivity index (χ0v) is 19.8. The van der Waals surface area contributed by atoms with Crippen LogP contribution in [0.3, 0.4) is 0 Å². The number of amides is 2. The first-order valence-corrected chi connectivity index (χ1v) is 12.7. The van der Waals surface area contributed by atoms with Gasteiger partial charge >= 0.3 is 12.1 Å². The van der Waals surface area contributed by atoms with Crippen molar-refractivity contribution in [2.75, 3.05) is 13.2 Å². The van der Waals surface area contributed by atoms with Crippen molar-refractivity contribution in [2.24, 2.45) is 5.92 Å². The molecule has 184 valence electrons. The molecular weight excluding hydrogens is 444 g/mol. The molecule has 2 amide bonds. The van der Waals surface area contributed by atoms with Crippen molar-refractivity contribution in [2.45, 2.75) is 62.9 Å². The lowest BCUT2D eigenvalue weighted by atomic mass is 9.83. The number of hydrogen-bond donors (Lipinski definition) is 2. The first-order valence-electron chi connectivity index (χ1n) is 12.7. The molecule has 35 heavy (non-hydrogen) atoms. The number of carboxylic acids is 1. The predicted octanol–water partition coefficient (Wildman–Crippen LogP) is 4.55. The number of nitrogens with one attached hydrogen (secondary N) is 1. The van der Waals surface area contributed by atoms with Gasteiger partial charge in [0.15, 0.2) is 0 Å². The van der Waals surface area contributed by atoms with E-state index in [0.29, 0.717) is 13.0 Å². The molecule has 2 aromatic carbocycles. The predicted molar refractivity (Wildman–Crippen MR) is 131 cm³/mol. The van der Waals surface area contributed by atoms with Crippen LogP contribution in [0.25, 0.3) is 11.1 Å². The number of ether oxygens (including phenoxy) is 1. The lowest BCUT2D eigenvalue weighted by molar-refractivity contribution is -0.142. The fourth-order valence-electron chi connectivity index (χ4n) is 6.14. The third-order valence-electron chi connectivity index (χ3n) is 7.80. The summed E-state index contributed by atoms with van der Waals surface area (Å²) in [6.07, 6.45) is 4.30. The minimum atomic E-state index is -0.883. The van der Waals surface area contributed by atoms with Gasteiger partial charge in [-0.2, -0.15) is 0 Å². The molecular formula is C28H32N2O5. The number of fused-ring (bicyclic) bond motifs is 3. The van der Waals surface area contributed by atoms with Crippen LogP contribution in [-0.4, -0.2) is 53.2 Å². The molecule has 0 spiro atoms. The fraction of sp³-hybridized carbons (Fsp3) is 0.464. The summed E-state index contributed by atoms with van der Waals surface area (Å²) in [5.74, 6) is -1.26. The SMILES string of the molecule is O=C(O)C[C@@H]1CCCN1C(=O)[C@H]1CCCC[C@H]1NC(=O)OCC1c2ccccc2-c2ccccc21. The second-order valence-corrected chi connectivity index (χ2v) is 9.89. The summed E-state index contributed by atoms with van der Waals surface area (Å²) < 4.78 is 5.72. The Morgan fingerprint density at radius 3 is 2.26 bits per heavy atom. The summed E-state index contributed by atoms with van der Waals surface area (Å²) in [5, 5.41) is 12.2. The van der Waals surface area contributed by atoms with Crippen molar-refractivity contribution >= 4 is 18.0 Å². The molecule has 3 atom stereocenters. The third-order valence-corrected chi connectivity index (χ3v) is 7.80. The quantitative estimate of drug-likeness (QED) is 0.638. The highest BCUT2D eigenvalue weighted by Gasteiger charge is 2.39. The molecule has 2 fully saturated rings. The molecule has 0 unspecified atom stereocenters. The van der Waals surface area contributed by atoms with Crippen molar-refractivity contribution in [3.05, 3.63) is 59.7 Å². The van der Waals surface area contributed by atoms with E-state index < -0.39 is 12.1 Å². The third kappa shape index (κ3) is 4.77. The van der Waals surface area contributed by atoms with E-state index in [9.17, 15) is 19.5 Å². The molecule has 1 saturated carbocycles. The molecule has 1 aliphatic heterocycles. The second-order valence-electron chi connectivity index (χ2n) is 9.89. The summed E-state index contributed by atoms with van der Waals surface area (Å²) in [6.45, 7) is 0.822. The van der Waals surface area contributed by atoms with Crippen LogP contribution in [0.1, 0.15) is 62.0 Å². The van der Waals surface area contributed by atoms with Crippen molar-refractivity contribution in [3.63, 3.8) is 0 Å². The van der Waals surface area contributed by atoms with Crippen LogP contribution >= 0.6 is 0 Å². The summed E-state index contributed by atoms with van der Waals surface area (Å²) in [6, 6.07) is 15.9. The smallest absolute Gasteiger partial charge is 0.407 e. The van der Waals surface area contributed by atoms with Crippen molar-refractivity contribution < 1.29 is 24.2 Å². The maximum Gasteiger partial charge on any atom is 0.407 e. The Bertz CT molecular complexity index is 1070. The number of nitrogens with zero attached hydrogens (tertiary/aromatic N) is 1. The number of rotatable bonds is 6. The van der Waals surface area contributed by atoms with E-state index in [4.69, 9.17) is 4.74 Å². The molecule has 2 aliphatic carbocycles. The first kappa shape index (κ1) is 23.4. The number of carboxylic acid groups (broad SMARTS) is 1. The largest absolute Gasteiger partial charge is 0.481 e. The minimum absolute atomic E-state index is 0.0155. The number of likely N-dealkylation sites (tertiary alicyclic amines) is 1. The van der Waals surface area contributed by atoms with Gasteiger partial charge in [0.2, 0.25) is 5.91 Å². The van der Waals surface area contributed by atoms with Crippen LogP contribution in [0.5, 0.6) is 0 Å². The van der Waals surface area contributed by atoms with Crippen molar-refractivity contribution in [3.8, 4) is 11.1 Å². The Labute approximate surface area is 205 Å². The topological polar surface area (TPSA) is 95.9 Å². The van der Waals surface area contributed by atoms with Crippen LogP contribution in [-0.2, 0) is 14.3 Å². The molecule has 7 heteroatoms. The number of carbonyl (C=O) groups excluding carboxylic acids is 2. The van der Waals surface area contributed by atoms with Crippen LogP contribution in [0.4, 0.5) is 4.79 Å². The Balaban J connectivity index is 1.23. The molecule has 2 N–H and O–H groups in total. The number of benzene rings is 2. The highest BCUT2D eigenvalue weighted by molar-refractivity contribution is 5.82. The van der Waals surface area contributed by atoms with Gasteiger partial charge in [-0.1, -0.05) is 61.4 Å². The van der Waals surface area contributed by atoms with Gasteiger partial charge in [0, 0.05) is 24.5 Å². The van der Waals surface area contributed by atoms with E-state index in [-0.39, 0.29) is 42.9 Å². The van der Waals surface area contributed by atoms with Gasteiger partial charge in [-0.15, -0.1) is 0 Å². The lowest BCUT2D eigenvalue weighted by Gasteiger charge is -2.35. The number of hydrogen-bond acceptors (Lipinski definition) is 4. The molecule has 5 rings (SSSR count). The van der Waals surface area contributed by atoms with Crippen molar-refractivity contribution in [1.82, 2.24) is 10.2 Å². The Morgan fingerprint density at radius 2 is 1.57 bits per heavy atom. The molecule has 0 radical (unpaired) electrons. The van der Waals surface area contributed by atoms with E-state index in [1.54, 1.807) is 4.90 Å². The fourth-order valence-corrected chi connectivity index (χ4v) is 6.14. The van der Waals surface area contributed by atoms with Crippen molar-refractivity contribution in [1.29, 1.82) is 0 Å². The summed E-state index contributed by atoms with van der Waals surface area (Å²) in [5.41, 5.74) is 4.67. The van der Waals surface area contributed by atoms with Gasteiger partial charge in [0.1, 0.15) is 6.61 Å². The zero-order valence-electron chi connectivity index (χ0n) is 19.8. The number of carbonyl (C=O) groups is 3. The highest BCUT2D eigenvalue weighted by atomic mass is 16.5. The first-order chi connectivity index (χ1) is 17.0. The Kier molecular flexibility index (Phi) is 6.75. The Hall–Kier alpha value is -3.35. The monoisotopic (exact) mass is 476 g/mol. The molecule has 1 heterocycles. The lowest BCUT2D eigenvalue weighted by Crippen LogP contribution is -2.51. The molecule has 3 aliphatic rings. The van der Waals surface area contributed by atoms with Gasteiger partial charge < -0.3 is 20.1 Å². The molecule has 2 aromatic rings. The molecule has 7 nitrogen and oxygen atoms in total. The number of aliphatic carboxylic acids is 1. The average molecular weight is 477 g/mol. The van der Waals surface area contributed by atoms with Gasteiger partial charge in [-0.3, -0.25) is 9.59 Å². The minimum Gasteiger partial charge on any atom is -0.481 e. The zero-order chi connectivity index (χ0) is 24.4. The van der Waals surface area contributed by atoms with Crippen LogP contribution in [0.2, 0.25) is 0 Å². The van der Waals surface area contributed by atoms with Crippen LogP contribution in [0, 0.1) is 5.92 Å². The van der Waals surface area contributed by atoms with E-state index >= 15 is 0 Å². The second kappa shape index (κ2) is 10.1. The molecule has 0 bridgehead atoms. The maximum absolute atomic E-state index is 13.4. The van der Waals surface area contributed by atoms with E-state index in [0.717, 1.165) is 43.2 Å². The summed E-state index contributed by atoms with van der Waals surface area (Å²) >= 11 is 0. The van der Waals surface area contributed by atoms with E-state index in [1.165, 1.54) is 11.1 Å². The summed E-state index contributed by atoms with van der Waals surface area (Å²) in [7, 11) is 0. The van der Waals surface area contributed by atoms with Crippen LogP contribution < -0.4 is 5.32 Å². The normalized spacial score (nSPS) is 23.4. The maximum atomic E-state index is 13.4. The van der Waals surface area contributed by atoms with Gasteiger partial charge in [-0.05, 0) is 47.9 Å². The number of alkyl carbamates (subject to hydrolysis) is 1. The summed E-state index contributed by atoms with van der Waals surface area (Å²) in [4.78, 5) is 39.2. The van der Waals surface area contributed by atoms with Crippen LogP contribution in [0.15, 0.2) is 48.5 Å². The van der Waals surface area contributed by atoms with Gasteiger partial charge in [-0.25, -0.2) is 4.79 Å². The standard InChI is InChI=1S/C28H32N2O5/c31-26(32)16-18-8-7-15-30(18)27(33)23-13-5-6-14-25(23)29-28(34)35-17-24-21-11-3-1-9-19(21)20-10-2-4-12-22(20)24/h1-4,9-12,18,23-25H,5-8,13-17H2,(H,29,34)(H,31,32)/t18-,23-,25+/m0/s1. The van der Waals surface area contributed by atoms with E-state index in [2.05, 4.69) is 29.6 Å². The average Bonchev–Trinajstić information content (AvgIpc) is 3.44. The molecule has 1 saturated heterocycles.